The molecular weight excluding hydrogens is 841 g/mol. The largest absolute Gasteiger partial charge is 0.467 e. The average molecular weight is 891 g/mol. The van der Waals surface area contributed by atoms with Gasteiger partial charge in [-0.2, -0.15) is 0 Å². The van der Waals surface area contributed by atoms with E-state index in [2.05, 4.69) is 243 Å². The summed E-state index contributed by atoms with van der Waals surface area (Å²) in [5.74, 6) is 1.52. The molecule has 0 saturated carbocycles. The zero-order valence-electron chi connectivity index (χ0n) is 37.1. The molecule has 10 rings (SSSR count). The van der Waals surface area contributed by atoms with Crippen LogP contribution in [0, 0.1) is 0 Å². The molecule has 4 nitrogen and oxygen atoms in total. The van der Waals surface area contributed by atoms with Crippen LogP contribution >= 0.6 is 0 Å². The van der Waals surface area contributed by atoms with E-state index in [1.807, 2.05) is 0 Å². The van der Waals surface area contributed by atoms with E-state index in [9.17, 15) is 0 Å². The molecule has 0 fully saturated rings. The lowest BCUT2D eigenvalue weighted by atomic mass is 9.92. The van der Waals surface area contributed by atoms with Crippen LogP contribution in [-0.2, 0) is 9.47 Å². The molecule has 0 atom stereocenters. The van der Waals surface area contributed by atoms with Gasteiger partial charge in [-0.3, -0.25) is 0 Å². The maximum absolute atomic E-state index is 7.28. The summed E-state index contributed by atoms with van der Waals surface area (Å²) < 4.78 is 26.4. The van der Waals surface area contributed by atoms with Gasteiger partial charge in [0, 0.05) is 25.3 Å². The van der Waals surface area contributed by atoms with Crippen molar-refractivity contribution in [3.8, 4) is 22.6 Å². The molecule has 0 amide bonds. The highest BCUT2D eigenvalue weighted by atomic mass is 28.3. The molecule has 66 heavy (non-hydrogen) atoms. The van der Waals surface area contributed by atoms with Crippen molar-refractivity contribution in [2.75, 3.05) is 27.8 Å². The molecule has 0 aliphatic heterocycles. The van der Waals surface area contributed by atoms with Gasteiger partial charge in [-0.25, -0.2) is 0 Å². The number of fused-ring (bicyclic) bond motifs is 2. The third-order valence-electron chi connectivity index (χ3n) is 12.9. The van der Waals surface area contributed by atoms with E-state index >= 15 is 0 Å². The van der Waals surface area contributed by atoms with Gasteiger partial charge < -0.3 is 18.9 Å². The van der Waals surface area contributed by atoms with E-state index in [1.165, 1.54) is 31.1 Å². The lowest BCUT2D eigenvalue weighted by molar-refractivity contribution is 0.0509. The number of hydrogen-bond donors (Lipinski definition) is 0. The fourth-order valence-corrected chi connectivity index (χ4v) is 20.1. The van der Waals surface area contributed by atoms with Gasteiger partial charge in [0.1, 0.15) is 11.5 Å². The third-order valence-corrected chi connectivity index (χ3v) is 22.5. The summed E-state index contributed by atoms with van der Waals surface area (Å²) >= 11 is 0. The van der Waals surface area contributed by atoms with E-state index in [4.69, 9.17) is 18.9 Å². The Morgan fingerprint density at radius 1 is 0.303 bits per heavy atom. The Balaban J connectivity index is 1.46. The first-order valence-corrected chi connectivity index (χ1v) is 26.4. The number of ether oxygens (including phenoxy) is 4. The molecule has 0 N–H and O–H groups in total. The van der Waals surface area contributed by atoms with Crippen molar-refractivity contribution in [1.82, 2.24) is 0 Å². The Labute approximate surface area is 389 Å². The second-order valence-corrected chi connectivity index (χ2v) is 24.0. The molecule has 0 spiro atoms. The standard InChI is InChI=1S/C60H50O4Si2/c1-61-43-63-59-55(65(47-27-9-3-10-28-47,48-29-11-4-12-30-48)49-31-13-5-14-32-49)41-45-25-21-23-39-53(45)57(59)58-54-40-24-22-26-46(54)42-56(60(58)64-44-62-2)66(50-33-15-6-16-34-50,51-35-17-7-18-36-51)52-37-19-8-20-38-52/h3-42H,43-44H2,1-2H3. The van der Waals surface area contributed by atoms with E-state index in [-0.39, 0.29) is 13.6 Å². The molecule has 0 unspecified atom stereocenters. The highest BCUT2D eigenvalue weighted by molar-refractivity contribution is 7.21. The minimum Gasteiger partial charge on any atom is -0.467 e. The Kier molecular flexibility index (Phi) is 12.3. The van der Waals surface area contributed by atoms with Crippen LogP contribution in [0.1, 0.15) is 0 Å². The van der Waals surface area contributed by atoms with E-state index in [0.29, 0.717) is 0 Å². The molecule has 0 aliphatic rings. The van der Waals surface area contributed by atoms with Gasteiger partial charge in [0.15, 0.2) is 29.7 Å². The Bertz CT molecular complexity index is 2790. The van der Waals surface area contributed by atoms with Gasteiger partial charge in [-0.05, 0) is 63.0 Å². The smallest absolute Gasteiger partial charge is 0.188 e. The van der Waals surface area contributed by atoms with Gasteiger partial charge in [0.2, 0.25) is 0 Å². The summed E-state index contributed by atoms with van der Waals surface area (Å²) in [5, 5.41) is 13.9. The van der Waals surface area contributed by atoms with Crippen LogP contribution < -0.4 is 51.0 Å². The van der Waals surface area contributed by atoms with Crippen LogP contribution in [-0.4, -0.2) is 44.0 Å². The summed E-state index contributed by atoms with van der Waals surface area (Å²) in [5.41, 5.74) is 1.89. The third kappa shape index (κ3) is 7.34. The first-order valence-electron chi connectivity index (χ1n) is 22.4. The van der Waals surface area contributed by atoms with Crippen LogP contribution in [0.4, 0.5) is 0 Å². The van der Waals surface area contributed by atoms with Crippen LogP contribution in [0.15, 0.2) is 243 Å². The fourth-order valence-electron chi connectivity index (χ4n) is 10.3. The van der Waals surface area contributed by atoms with Crippen molar-refractivity contribution in [1.29, 1.82) is 0 Å². The van der Waals surface area contributed by atoms with Crippen molar-refractivity contribution < 1.29 is 18.9 Å². The average Bonchev–Trinajstić information content (AvgIpc) is 3.39. The zero-order chi connectivity index (χ0) is 44.8. The van der Waals surface area contributed by atoms with Crippen LogP contribution in [0.5, 0.6) is 11.5 Å². The van der Waals surface area contributed by atoms with Crippen molar-refractivity contribution in [2.45, 2.75) is 0 Å². The predicted octanol–water partition coefficient (Wildman–Crippen LogP) is 8.38. The first kappa shape index (κ1) is 42.6. The van der Waals surface area contributed by atoms with Crippen LogP contribution in [0.25, 0.3) is 32.7 Å². The minimum atomic E-state index is -3.23. The number of methoxy groups -OCH3 is 2. The van der Waals surface area contributed by atoms with Gasteiger partial charge >= 0.3 is 0 Å². The summed E-state index contributed by atoms with van der Waals surface area (Å²) in [6.45, 7) is 0.0631. The monoisotopic (exact) mass is 890 g/mol. The van der Waals surface area contributed by atoms with Crippen LogP contribution in [0.2, 0.25) is 0 Å². The molecule has 322 valence electrons. The van der Waals surface area contributed by atoms with Crippen LogP contribution in [0.3, 0.4) is 0 Å². The Morgan fingerprint density at radius 3 is 0.803 bits per heavy atom. The minimum absolute atomic E-state index is 0.0316. The van der Waals surface area contributed by atoms with Gasteiger partial charge in [0.25, 0.3) is 0 Å². The first-order chi connectivity index (χ1) is 32.7. The second kappa shape index (κ2) is 19.0. The van der Waals surface area contributed by atoms with Gasteiger partial charge in [-0.15, -0.1) is 0 Å². The topological polar surface area (TPSA) is 36.9 Å². The van der Waals surface area contributed by atoms with E-state index < -0.39 is 16.1 Å². The molecule has 0 aromatic heterocycles. The van der Waals surface area contributed by atoms with Crippen molar-refractivity contribution in [3.63, 3.8) is 0 Å². The summed E-state index contributed by atoms with van der Waals surface area (Å²) in [4.78, 5) is 0. The van der Waals surface area contributed by atoms with Gasteiger partial charge in [-0.1, -0.05) is 243 Å². The fraction of sp³-hybridized carbons (Fsp3) is 0.0667. The SMILES string of the molecule is COCOc1c([Si](c2ccccc2)(c2ccccc2)c2ccccc2)cc2ccccc2c1-c1c(OCOC)c([Si](c2ccccc2)(c2ccccc2)c2ccccc2)cc2ccccc12. The van der Waals surface area contributed by atoms with Crippen molar-refractivity contribution in [2.24, 2.45) is 0 Å². The number of hydrogen-bond acceptors (Lipinski definition) is 4. The lowest BCUT2D eigenvalue weighted by Gasteiger charge is -2.38. The maximum atomic E-state index is 7.28. The summed E-state index contributed by atoms with van der Waals surface area (Å²) in [6.07, 6.45) is 0. The molecule has 10 aromatic rings. The number of benzene rings is 10. The summed E-state index contributed by atoms with van der Waals surface area (Å²) in [7, 11) is -3.08. The quantitative estimate of drug-likeness (QED) is 0.0590. The highest BCUT2D eigenvalue weighted by Crippen LogP contribution is 2.46. The molecule has 0 bridgehead atoms. The number of rotatable bonds is 15. The normalized spacial score (nSPS) is 11.7. The Hall–Kier alpha value is -7.33. The van der Waals surface area contributed by atoms with E-state index in [0.717, 1.165) is 54.5 Å². The summed E-state index contributed by atoms with van der Waals surface area (Å²) in [6, 6.07) is 88.3. The molecule has 0 saturated heterocycles. The molecule has 0 aliphatic carbocycles. The highest BCUT2D eigenvalue weighted by Gasteiger charge is 2.47. The molecule has 6 heteroatoms. The Morgan fingerprint density at radius 2 is 0.545 bits per heavy atom. The van der Waals surface area contributed by atoms with E-state index in [1.54, 1.807) is 14.2 Å². The lowest BCUT2D eigenvalue weighted by Crippen LogP contribution is -2.75. The maximum Gasteiger partial charge on any atom is 0.188 e. The molecule has 0 heterocycles. The zero-order valence-corrected chi connectivity index (χ0v) is 39.1. The van der Waals surface area contributed by atoms with Crippen molar-refractivity contribution in [3.05, 3.63) is 243 Å². The predicted molar refractivity (Wildman–Crippen MR) is 279 cm³/mol. The molecular formula is C60H50O4Si2. The molecule has 10 aromatic carbocycles. The molecule has 0 radical (unpaired) electrons. The van der Waals surface area contributed by atoms with Crippen molar-refractivity contribution >= 4 is 79.2 Å². The second-order valence-electron chi connectivity index (χ2n) is 16.5. The van der Waals surface area contributed by atoms with Gasteiger partial charge in [0.05, 0.1) is 0 Å².